The second-order valence-corrected chi connectivity index (χ2v) is 6.14. The summed E-state index contributed by atoms with van der Waals surface area (Å²) >= 11 is 0. The van der Waals surface area contributed by atoms with Crippen LogP contribution in [0.4, 0.5) is 0 Å². The number of rotatable bonds is 5. The fourth-order valence-corrected chi connectivity index (χ4v) is 3.25. The summed E-state index contributed by atoms with van der Waals surface area (Å²) in [5.41, 5.74) is 7.76. The van der Waals surface area contributed by atoms with Crippen molar-refractivity contribution in [3.63, 3.8) is 0 Å². The zero-order valence-corrected chi connectivity index (χ0v) is 12.4. The average molecular weight is 262 g/mol. The van der Waals surface area contributed by atoms with Gasteiger partial charge in [0, 0.05) is 24.7 Å². The van der Waals surface area contributed by atoms with Gasteiger partial charge in [-0.15, -0.1) is 0 Å². The van der Waals surface area contributed by atoms with Crippen molar-refractivity contribution < 1.29 is 4.74 Å². The normalized spacial score (nSPS) is 26.9. The van der Waals surface area contributed by atoms with E-state index in [1.54, 1.807) is 7.11 Å². The van der Waals surface area contributed by atoms with E-state index in [0.717, 1.165) is 18.8 Å². The molecule has 1 saturated carbocycles. The maximum Gasteiger partial charge on any atom is 0.123 e. The molecule has 0 aromatic heterocycles. The fourth-order valence-electron chi connectivity index (χ4n) is 3.25. The highest BCUT2D eigenvalue weighted by Crippen LogP contribution is 2.37. The van der Waals surface area contributed by atoms with E-state index in [-0.39, 0.29) is 5.41 Å². The molecule has 3 heteroatoms. The molecule has 0 heterocycles. The van der Waals surface area contributed by atoms with Crippen molar-refractivity contribution in [2.24, 2.45) is 11.1 Å². The highest BCUT2D eigenvalue weighted by atomic mass is 16.5. The van der Waals surface area contributed by atoms with E-state index in [9.17, 15) is 0 Å². The average Bonchev–Trinajstić information content (AvgIpc) is 2.69. The SMILES string of the molecule is COc1ccccc1CN(C)CC1(C)CCCC1N. The Bertz CT molecular complexity index is 421. The van der Waals surface area contributed by atoms with Crippen molar-refractivity contribution in [1.82, 2.24) is 4.90 Å². The lowest BCUT2D eigenvalue weighted by molar-refractivity contribution is 0.172. The molecule has 3 nitrogen and oxygen atoms in total. The van der Waals surface area contributed by atoms with Gasteiger partial charge in [0.25, 0.3) is 0 Å². The maximum atomic E-state index is 6.26. The molecular weight excluding hydrogens is 236 g/mol. The molecule has 0 radical (unpaired) electrons. The van der Waals surface area contributed by atoms with Crippen molar-refractivity contribution in [3.8, 4) is 5.75 Å². The molecular formula is C16H26N2O. The minimum Gasteiger partial charge on any atom is -0.496 e. The van der Waals surface area contributed by atoms with Crippen molar-refractivity contribution in [3.05, 3.63) is 29.8 Å². The first kappa shape index (κ1) is 14.4. The number of methoxy groups -OCH3 is 1. The summed E-state index contributed by atoms with van der Waals surface area (Å²) < 4.78 is 5.41. The van der Waals surface area contributed by atoms with Gasteiger partial charge in [-0.3, -0.25) is 0 Å². The van der Waals surface area contributed by atoms with Gasteiger partial charge in [-0.2, -0.15) is 0 Å². The minimum atomic E-state index is 0.261. The van der Waals surface area contributed by atoms with Gasteiger partial charge in [0.15, 0.2) is 0 Å². The molecule has 0 aliphatic heterocycles. The van der Waals surface area contributed by atoms with Crippen LogP contribution in [0.1, 0.15) is 31.7 Å². The Morgan fingerprint density at radius 2 is 2.16 bits per heavy atom. The third-order valence-corrected chi connectivity index (χ3v) is 4.42. The Hall–Kier alpha value is -1.06. The van der Waals surface area contributed by atoms with Gasteiger partial charge < -0.3 is 15.4 Å². The number of hydrogen-bond acceptors (Lipinski definition) is 3. The molecule has 0 spiro atoms. The van der Waals surface area contributed by atoms with Crippen LogP contribution in [-0.4, -0.2) is 31.6 Å². The van der Waals surface area contributed by atoms with Crippen LogP contribution < -0.4 is 10.5 Å². The van der Waals surface area contributed by atoms with E-state index in [4.69, 9.17) is 10.5 Å². The first-order chi connectivity index (χ1) is 9.05. The van der Waals surface area contributed by atoms with Crippen molar-refractivity contribution in [2.45, 2.75) is 38.8 Å². The van der Waals surface area contributed by atoms with Crippen LogP contribution in [-0.2, 0) is 6.54 Å². The smallest absolute Gasteiger partial charge is 0.123 e. The molecule has 2 rings (SSSR count). The summed E-state index contributed by atoms with van der Waals surface area (Å²) in [6.07, 6.45) is 3.67. The van der Waals surface area contributed by atoms with Crippen molar-refractivity contribution in [1.29, 1.82) is 0 Å². The van der Waals surface area contributed by atoms with Crippen LogP contribution in [0.3, 0.4) is 0 Å². The number of nitrogens with two attached hydrogens (primary N) is 1. The Morgan fingerprint density at radius 3 is 2.79 bits per heavy atom. The molecule has 1 aliphatic carbocycles. The van der Waals surface area contributed by atoms with Gasteiger partial charge in [-0.25, -0.2) is 0 Å². The van der Waals surface area contributed by atoms with E-state index in [1.807, 2.05) is 12.1 Å². The van der Waals surface area contributed by atoms with Gasteiger partial charge in [0.05, 0.1) is 7.11 Å². The minimum absolute atomic E-state index is 0.261. The summed E-state index contributed by atoms with van der Waals surface area (Å²) in [6.45, 7) is 4.28. The van der Waals surface area contributed by atoms with Gasteiger partial charge >= 0.3 is 0 Å². The van der Waals surface area contributed by atoms with E-state index in [2.05, 4.69) is 31.0 Å². The van der Waals surface area contributed by atoms with E-state index in [1.165, 1.54) is 24.8 Å². The number of hydrogen-bond donors (Lipinski definition) is 1. The topological polar surface area (TPSA) is 38.5 Å². The molecule has 19 heavy (non-hydrogen) atoms. The Balaban J connectivity index is 1.99. The molecule has 0 amide bonds. The van der Waals surface area contributed by atoms with Gasteiger partial charge in [0.2, 0.25) is 0 Å². The second-order valence-electron chi connectivity index (χ2n) is 6.14. The Kier molecular flexibility index (Phi) is 4.48. The highest BCUT2D eigenvalue weighted by Gasteiger charge is 2.37. The van der Waals surface area contributed by atoms with Crippen LogP contribution in [0.15, 0.2) is 24.3 Å². The number of para-hydroxylation sites is 1. The molecule has 2 N–H and O–H groups in total. The predicted molar refractivity (Wildman–Crippen MR) is 79.3 cm³/mol. The zero-order chi connectivity index (χ0) is 13.9. The van der Waals surface area contributed by atoms with Crippen molar-refractivity contribution >= 4 is 0 Å². The highest BCUT2D eigenvalue weighted by molar-refractivity contribution is 5.33. The summed E-state index contributed by atoms with van der Waals surface area (Å²) in [5, 5.41) is 0. The predicted octanol–water partition coefficient (Wildman–Crippen LogP) is 2.64. The lowest BCUT2D eigenvalue weighted by Crippen LogP contribution is -2.42. The molecule has 1 aromatic rings. The molecule has 1 aliphatic rings. The van der Waals surface area contributed by atoms with Crippen LogP contribution in [0, 0.1) is 5.41 Å². The second kappa shape index (κ2) is 5.93. The lowest BCUT2D eigenvalue weighted by Gasteiger charge is -2.34. The summed E-state index contributed by atoms with van der Waals surface area (Å²) in [7, 11) is 3.90. The first-order valence-corrected chi connectivity index (χ1v) is 7.11. The largest absolute Gasteiger partial charge is 0.496 e. The number of nitrogens with zero attached hydrogens (tertiary/aromatic N) is 1. The van der Waals surface area contributed by atoms with Crippen LogP contribution in [0.5, 0.6) is 5.75 Å². The quantitative estimate of drug-likeness (QED) is 0.886. The number of benzene rings is 1. The molecule has 1 fully saturated rings. The molecule has 2 unspecified atom stereocenters. The van der Waals surface area contributed by atoms with Crippen LogP contribution in [0.2, 0.25) is 0 Å². The Labute approximate surface area is 116 Å². The molecule has 0 bridgehead atoms. The van der Waals surface area contributed by atoms with Crippen LogP contribution >= 0.6 is 0 Å². The Morgan fingerprint density at radius 1 is 1.42 bits per heavy atom. The standard InChI is InChI=1S/C16H26N2O/c1-16(10-6-9-15(16)17)12-18(2)11-13-7-4-5-8-14(13)19-3/h4-5,7-8,15H,6,9-12,17H2,1-3H3. The first-order valence-electron chi connectivity index (χ1n) is 7.11. The van der Waals surface area contributed by atoms with Gasteiger partial charge in [0.1, 0.15) is 5.75 Å². The van der Waals surface area contributed by atoms with Gasteiger partial charge in [-0.05, 0) is 31.4 Å². The molecule has 106 valence electrons. The molecule has 0 saturated heterocycles. The lowest BCUT2D eigenvalue weighted by atomic mass is 9.84. The van der Waals surface area contributed by atoms with Crippen LogP contribution in [0.25, 0.3) is 0 Å². The summed E-state index contributed by atoms with van der Waals surface area (Å²) in [6, 6.07) is 8.57. The fraction of sp³-hybridized carbons (Fsp3) is 0.625. The van der Waals surface area contributed by atoms with Crippen molar-refractivity contribution in [2.75, 3.05) is 20.7 Å². The van der Waals surface area contributed by atoms with E-state index >= 15 is 0 Å². The zero-order valence-electron chi connectivity index (χ0n) is 12.4. The maximum absolute atomic E-state index is 6.26. The third kappa shape index (κ3) is 3.28. The summed E-state index contributed by atoms with van der Waals surface area (Å²) in [5.74, 6) is 0.968. The van der Waals surface area contributed by atoms with Gasteiger partial charge in [-0.1, -0.05) is 31.5 Å². The number of ether oxygens (including phenoxy) is 1. The van der Waals surface area contributed by atoms with E-state index < -0.39 is 0 Å². The molecule has 2 atom stereocenters. The third-order valence-electron chi connectivity index (χ3n) is 4.42. The van der Waals surface area contributed by atoms with E-state index in [0.29, 0.717) is 6.04 Å². The summed E-state index contributed by atoms with van der Waals surface area (Å²) in [4.78, 5) is 2.36. The molecule has 1 aromatic carbocycles. The monoisotopic (exact) mass is 262 g/mol.